The van der Waals surface area contributed by atoms with Crippen LogP contribution in [0.3, 0.4) is 0 Å². The van der Waals surface area contributed by atoms with Crippen molar-refractivity contribution in [2.45, 2.75) is 19.9 Å². The Balaban J connectivity index is 1.83. The van der Waals surface area contributed by atoms with E-state index in [0.717, 1.165) is 10.2 Å². The summed E-state index contributed by atoms with van der Waals surface area (Å²) in [4.78, 5) is 28.9. The number of carbonyl (C=O) groups excluding carboxylic acids is 1. The van der Waals surface area contributed by atoms with Crippen LogP contribution in [0.4, 0.5) is 5.69 Å². The van der Waals surface area contributed by atoms with Gasteiger partial charge in [-0.25, -0.2) is 9.48 Å². The molecule has 0 unspecified atom stereocenters. The summed E-state index contributed by atoms with van der Waals surface area (Å²) in [6, 6.07) is 11.2. The first kappa shape index (κ1) is 19.1. The van der Waals surface area contributed by atoms with Crippen LogP contribution in [0.5, 0.6) is 0 Å². The number of nitrogens with one attached hydrogen (secondary N) is 1. The zero-order valence-corrected chi connectivity index (χ0v) is 16.1. The molecule has 1 aromatic heterocycles. The van der Waals surface area contributed by atoms with Crippen LogP contribution in [0.15, 0.2) is 53.5 Å². The van der Waals surface area contributed by atoms with Crippen molar-refractivity contribution in [3.05, 3.63) is 74.8 Å². The second-order valence-electron chi connectivity index (χ2n) is 6.00. The molecule has 0 saturated heterocycles. The van der Waals surface area contributed by atoms with Gasteiger partial charge in [0.05, 0.1) is 11.9 Å². The van der Waals surface area contributed by atoms with Crippen molar-refractivity contribution in [1.82, 2.24) is 14.8 Å². The van der Waals surface area contributed by atoms with Crippen molar-refractivity contribution in [2.75, 3.05) is 5.32 Å². The van der Waals surface area contributed by atoms with E-state index in [-0.39, 0.29) is 0 Å². The van der Waals surface area contributed by atoms with Gasteiger partial charge in [0.1, 0.15) is 6.04 Å². The first-order chi connectivity index (χ1) is 12.8. The monoisotopic (exact) mass is 402 g/mol. The van der Waals surface area contributed by atoms with Crippen molar-refractivity contribution in [2.24, 2.45) is 0 Å². The SMILES string of the molecule is Cc1ccc(Cl)cc1NC(=O)[C@@H](C)n1ncc(-c2ccc(Cl)cc2)nc1=O. The van der Waals surface area contributed by atoms with Gasteiger partial charge in [0.2, 0.25) is 5.91 Å². The Labute approximate surface area is 165 Å². The highest BCUT2D eigenvalue weighted by atomic mass is 35.5. The van der Waals surface area contributed by atoms with Crippen molar-refractivity contribution in [1.29, 1.82) is 0 Å². The number of halogens is 2. The lowest BCUT2D eigenvalue weighted by atomic mass is 10.2. The molecule has 138 valence electrons. The lowest BCUT2D eigenvalue weighted by molar-refractivity contribution is -0.119. The highest BCUT2D eigenvalue weighted by molar-refractivity contribution is 6.31. The van der Waals surface area contributed by atoms with Gasteiger partial charge in [-0.1, -0.05) is 41.4 Å². The number of hydrogen-bond donors (Lipinski definition) is 1. The first-order valence-electron chi connectivity index (χ1n) is 8.14. The molecule has 0 bridgehead atoms. The Hall–Kier alpha value is -2.70. The minimum absolute atomic E-state index is 0.393. The van der Waals surface area contributed by atoms with E-state index in [0.29, 0.717) is 27.0 Å². The van der Waals surface area contributed by atoms with Crippen LogP contribution in [0.2, 0.25) is 10.0 Å². The number of hydrogen-bond acceptors (Lipinski definition) is 4. The summed E-state index contributed by atoms with van der Waals surface area (Å²) in [5.74, 6) is -0.393. The number of aromatic nitrogens is 3. The molecule has 1 N–H and O–H groups in total. The van der Waals surface area contributed by atoms with E-state index in [9.17, 15) is 9.59 Å². The van der Waals surface area contributed by atoms with Gasteiger partial charge in [0.15, 0.2) is 0 Å². The van der Waals surface area contributed by atoms with E-state index >= 15 is 0 Å². The van der Waals surface area contributed by atoms with E-state index in [2.05, 4.69) is 15.4 Å². The van der Waals surface area contributed by atoms with Crippen LogP contribution < -0.4 is 11.0 Å². The van der Waals surface area contributed by atoms with Crippen molar-refractivity contribution in [3.63, 3.8) is 0 Å². The summed E-state index contributed by atoms with van der Waals surface area (Å²) < 4.78 is 1.04. The van der Waals surface area contributed by atoms with Gasteiger partial charge in [-0.2, -0.15) is 10.1 Å². The number of nitrogens with zero attached hydrogens (tertiary/aromatic N) is 3. The Morgan fingerprint density at radius 3 is 2.44 bits per heavy atom. The summed E-state index contributed by atoms with van der Waals surface area (Å²) in [5.41, 5.74) is 1.94. The zero-order valence-electron chi connectivity index (χ0n) is 14.6. The molecule has 3 rings (SSSR count). The second-order valence-corrected chi connectivity index (χ2v) is 6.87. The van der Waals surface area contributed by atoms with Crippen LogP contribution in [0.25, 0.3) is 11.3 Å². The molecule has 3 aromatic rings. The summed E-state index contributed by atoms with van der Waals surface area (Å²) in [7, 11) is 0. The van der Waals surface area contributed by atoms with Gasteiger partial charge in [-0.05, 0) is 43.7 Å². The normalized spacial score (nSPS) is 11.9. The minimum Gasteiger partial charge on any atom is -0.324 e. The lowest BCUT2D eigenvalue weighted by Crippen LogP contribution is -2.35. The Morgan fingerprint density at radius 2 is 1.78 bits per heavy atom. The molecule has 0 aliphatic carbocycles. The quantitative estimate of drug-likeness (QED) is 0.711. The molecule has 8 heteroatoms. The van der Waals surface area contributed by atoms with E-state index in [1.807, 2.05) is 6.92 Å². The Kier molecular flexibility index (Phi) is 5.58. The maximum absolute atomic E-state index is 12.5. The first-order valence-corrected chi connectivity index (χ1v) is 8.89. The van der Waals surface area contributed by atoms with Gasteiger partial charge in [-0.15, -0.1) is 0 Å². The highest BCUT2D eigenvalue weighted by Gasteiger charge is 2.19. The predicted octanol–water partition coefficient (Wildman–Crippen LogP) is 4.12. The molecule has 2 aromatic carbocycles. The molecule has 0 radical (unpaired) electrons. The molecule has 0 aliphatic rings. The van der Waals surface area contributed by atoms with Crippen molar-refractivity contribution >= 4 is 34.8 Å². The minimum atomic E-state index is -0.845. The number of rotatable bonds is 4. The van der Waals surface area contributed by atoms with Crippen LogP contribution in [-0.4, -0.2) is 20.7 Å². The van der Waals surface area contributed by atoms with Gasteiger partial charge >= 0.3 is 5.69 Å². The molecule has 1 atom stereocenters. The smallest absolute Gasteiger partial charge is 0.324 e. The fraction of sp³-hybridized carbons (Fsp3) is 0.158. The Bertz CT molecular complexity index is 1050. The fourth-order valence-electron chi connectivity index (χ4n) is 2.45. The van der Waals surface area contributed by atoms with Crippen LogP contribution in [0.1, 0.15) is 18.5 Å². The third-order valence-electron chi connectivity index (χ3n) is 4.06. The molecule has 0 fully saturated rings. The maximum atomic E-state index is 12.5. The second kappa shape index (κ2) is 7.90. The summed E-state index contributed by atoms with van der Waals surface area (Å²) in [5, 5.41) is 7.96. The van der Waals surface area contributed by atoms with Gasteiger partial charge in [0.25, 0.3) is 0 Å². The van der Waals surface area contributed by atoms with Crippen LogP contribution >= 0.6 is 23.2 Å². The molecule has 27 heavy (non-hydrogen) atoms. The average molecular weight is 403 g/mol. The summed E-state index contributed by atoms with van der Waals surface area (Å²) in [6.45, 7) is 3.43. The topological polar surface area (TPSA) is 76.9 Å². The molecule has 0 aliphatic heterocycles. The number of amides is 1. The molecule has 0 saturated carbocycles. The molecular formula is C19H16Cl2N4O2. The fourth-order valence-corrected chi connectivity index (χ4v) is 2.75. The van der Waals surface area contributed by atoms with Crippen LogP contribution in [-0.2, 0) is 4.79 Å². The largest absolute Gasteiger partial charge is 0.365 e. The average Bonchev–Trinajstić information content (AvgIpc) is 2.64. The number of anilines is 1. The molecular weight excluding hydrogens is 387 g/mol. The highest BCUT2D eigenvalue weighted by Crippen LogP contribution is 2.21. The van der Waals surface area contributed by atoms with Crippen LogP contribution in [0, 0.1) is 6.92 Å². The van der Waals surface area contributed by atoms with E-state index < -0.39 is 17.6 Å². The van der Waals surface area contributed by atoms with E-state index in [1.54, 1.807) is 49.4 Å². The van der Waals surface area contributed by atoms with Crippen molar-refractivity contribution < 1.29 is 4.79 Å². The lowest BCUT2D eigenvalue weighted by Gasteiger charge is -2.15. The van der Waals surface area contributed by atoms with Crippen molar-refractivity contribution in [3.8, 4) is 11.3 Å². The number of carbonyl (C=O) groups is 1. The van der Waals surface area contributed by atoms with Gasteiger partial charge in [-0.3, -0.25) is 4.79 Å². The third-order valence-corrected chi connectivity index (χ3v) is 4.55. The molecule has 1 heterocycles. The number of benzene rings is 2. The van der Waals surface area contributed by atoms with Gasteiger partial charge in [0, 0.05) is 21.3 Å². The molecule has 0 spiro atoms. The summed E-state index contributed by atoms with van der Waals surface area (Å²) >= 11 is 11.8. The van der Waals surface area contributed by atoms with E-state index in [4.69, 9.17) is 23.2 Å². The molecule has 1 amide bonds. The predicted molar refractivity (Wildman–Crippen MR) is 106 cm³/mol. The third kappa shape index (κ3) is 4.35. The maximum Gasteiger partial charge on any atom is 0.365 e. The summed E-state index contributed by atoms with van der Waals surface area (Å²) in [6.07, 6.45) is 1.44. The van der Waals surface area contributed by atoms with Gasteiger partial charge < -0.3 is 5.32 Å². The van der Waals surface area contributed by atoms with E-state index in [1.165, 1.54) is 6.20 Å². The number of aryl methyl sites for hydroxylation is 1. The molecule has 6 nitrogen and oxygen atoms in total. The standard InChI is InChI=1S/C19H16Cl2N4O2/c1-11-3-6-15(21)9-16(11)23-18(26)12(2)25-19(27)24-17(10-22-25)13-4-7-14(20)8-5-13/h3-10,12H,1-2H3,(H,23,26)/t12-/m1/s1. The Morgan fingerprint density at radius 1 is 1.11 bits per heavy atom. The zero-order chi connectivity index (χ0) is 19.6.